The Kier molecular flexibility index (Phi) is 3.31. The summed E-state index contributed by atoms with van der Waals surface area (Å²) in [7, 11) is 0. The van der Waals surface area contributed by atoms with Gasteiger partial charge >= 0.3 is 29.6 Å². The molecule has 0 amide bonds. The van der Waals surface area contributed by atoms with Gasteiger partial charge in [0.1, 0.15) is 11.3 Å². The van der Waals surface area contributed by atoms with Crippen molar-refractivity contribution in [2.45, 2.75) is 6.92 Å². The van der Waals surface area contributed by atoms with E-state index in [0.717, 1.165) is 11.1 Å². The number of hydrogen-bond acceptors (Lipinski definition) is 2. The van der Waals surface area contributed by atoms with Crippen LogP contribution in [0.5, 0.6) is 5.75 Å². The summed E-state index contributed by atoms with van der Waals surface area (Å²) < 4.78 is 0. The summed E-state index contributed by atoms with van der Waals surface area (Å²) in [6, 6.07) is 9.28. The fraction of sp³-hybridized carbons (Fsp3) is 0.100. The average molecular weight is 183 g/mol. The number of phenols is 1. The van der Waals surface area contributed by atoms with Gasteiger partial charge in [-0.05, 0) is 19.1 Å². The van der Waals surface area contributed by atoms with Crippen LogP contribution in [0.25, 0.3) is 10.9 Å². The van der Waals surface area contributed by atoms with Gasteiger partial charge in [-0.25, -0.2) is 4.98 Å². The third-order valence-corrected chi connectivity index (χ3v) is 1.84. The van der Waals surface area contributed by atoms with Gasteiger partial charge in [0.2, 0.25) is 0 Å². The Morgan fingerprint density at radius 3 is 2.69 bits per heavy atom. The standard InChI is InChI=1S/C10H9NO.Na.H/c1-7-5-6-8-3-2-4-9(12)10(8)11-7;;/h2-6,12H,1H3;;. The van der Waals surface area contributed by atoms with Gasteiger partial charge in [0.25, 0.3) is 0 Å². The zero-order valence-electron chi connectivity index (χ0n) is 6.78. The SMILES string of the molecule is Cc1ccc2cccc(O)c2n1.[NaH]. The number of nitrogens with zero attached hydrogens (tertiary/aromatic N) is 1. The van der Waals surface area contributed by atoms with Gasteiger partial charge in [-0.1, -0.05) is 18.2 Å². The van der Waals surface area contributed by atoms with Crippen LogP contribution in [0.3, 0.4) is 0 Å². The summed E-state index contributed by atoms with van der Waals surface area (Å²) in [5, 5.41) is 10.4. The van der Waals surface area contributed by atoms with Gasteiger partial charge < -0.3 is 5.11 Å². The van der Waals surface area contributed by atoms with Gasteiger partial charge in [-0.2, -0.15) is 0 Å². The molecule has 0 radical (unpaired) electrons. The number of pyridine rings is 1. The van der Waals surface area contributed by atoms with E-state index >= 15 is 0 Å². The quantitative estimate of drug-likeness (QED) is 0.629. The molecule has 0 aliphatic rings. The first-order valence-corrected chi connectivity index (χ1v) is 3.83. The van der Waals surface area contributed by atoms with Crippen molar-refractivity contribution in [2.24, 2.45) is 0 Å². The maximum atomic E-state index is 9.43. The number of phenolic OH excluding ortho intramolecular Hbond substituents is 1. The second-order valence-corrected chi connectivity index (χ2v) is 2.80. The molecule has 1 aromatic carbocycles. The molecule has 1 aromatic heterocycles. The first-order chi connectivity index (χ1) is 5.77. The number of aromatic hydroxyl groups is 1. The molecule has 13 heavy (non-hydrogen) atoms. The van der Waals surface area contributed by atoms with Crippen LogP contribution in [0.15, 0.2) is 30.3 Å². The first-order valence-electron chi connectivity index (χ1n) is 3.83. The molecule has 0 aliphatic heterocycles. The second-order valence-electron chi connectivity index (χ2n) is 2.80. The van der Waals surface area contributed by atoms with E-state index in [1.807, 2.05) is 31.2 Å². The van der Waals surface area contributed by atoms with Crippen LogP contribution in [0.4, 0.5) is 0 Å². The number of aryl methyl sites for hydroxylation is 1. The van der Waals surface area contributed by atoms with Gasteiger partial charge in [0.15, 0.2) is 0 Å². The van der Waals surface area contributed by atoms with E-state index in [4.69, 9.17) is 0 Å². The molecular weight excluding hydrogens is 173 g/mol. The van der Waals surface area contributed by atoms with Crippen LogP contribution >= 0.6 is 0 Å². The Labute approximate surface area is 98.9 Å². The van der Waals surface area contributed by atoms with Crippen molar-refractivity contribution in [3.63, 3.8) is 0 Å². The van der Waals surface area contributed by atoms with Crippen molar-refractivity contribution in [2.75, 3.05) is 0 Å². The van der Waals surface area contributed by atoms with Gasteiger partial charge in [0.05, 0.1) is 0 Å². The molecule has 0 saturated heterocycles. The fourth-order valence-electron chi connectivity index (χ4n) is 1.23. The van der Waals surface area contributed by atoms with Crippen LogP contribution in [0.1, 0.15) is 5.69 Å². The van der Waals surface area contributed by atoms with Crippen molar-refractivity contribution in [1.82, 2.24) is 4.98 Å². The first kappa shape index (κ1) is 10.5. The van der Waals surface area contributed by atoms with Crippen molar-refractivity contribution in [3.05, 3.63) is 36.0 Å². The summed E-state index contributed by atoms with van der Waals surface area (Å²) in [4.78, 5) is 4.23. The Morgan fingerprint density at radius 2 is 1.92 bits per heavy atom. The molecule has 0 spiro atoms. The monoisotopic (exact) mass is 183 g/mol. The van der Waals surface area contributed by atoms with Crippen molar-refractivity contribution in [1.29, 1.82) is 0 Å². The number of aromatic nitrogens is 1. The fourth-order valence-corrected chi connectivity index (χ4v) is 1.23. The summed E-state index contributed by atoms with van der Waals surface area (Å²) in [6.07, 6.45) is 0. The van der Waals surface area contributed by atoms with Crippen LogP contribution in [0.2, 0.25) is 0 Å². The molecule has 2 nitrogen and oxygen atoms in total. The summed E-state index contributed by atoms with van der Waals surface area (Å²) >= 11 is 0. The third kappa shape index (κ3) is 2.02. The third-order valence-electron chi connectivity index (χ3n) is 1.84. The van der Waals surface area contributed by atoms with Crippen molar-refractivity contribution < 1.29 is 5.11 Å². The van der Waals surface area contributed by atoms with E-state index in [-0.39, 0.29) is 35.3 Å². The average Bonchev–Trinajstić information content (AvgIpc) is 2.07. The molecule has 0 atom stereocenters. The zero-order chi connectivity index (χ0) is 8.55. The number of benzene rings is 1. The molecule has 0 fully saturated rings. The Bertz CT molecular complexity index is 428. The number of para-hydroxylation sites is 1. The predicted octanol–water partition coefficient (Wildman–Crippen LogP) is 1.60. The number of hydrogen-bond donors (Lipinski definition) is 1. The molecule has 3 heteroatoms. The Hall–Kier alpha value is -0.570. The van der Waals surface area contributed by atoms with Crippen LogP contribution in [0, 0.1) is 6.92 Å². The summed E-state index contributed by atoms with van der Waals surface area (Å²) in [6.45, 7) is 1.91. The molecule has 0 aliphatic carbocycles. The molecule has 0 unspecified atom stereocenters. The van der Waals surface area contributed by atoms with E-state index in [2.05, 4.69) is 4.98 Å². The molecule has 2 aromatic rings. The molecule has 2 rings (SSSR count). The normalized spacial score (nSPS) is 9.62. The van der Waals surface area contributed by atoms with Crippen LogP contribution in [-0.4, -0.2) is 39.6 Å². The molecule has 0 saturated carbocycles. The summed E-state index contributed by atoms with van der Waals surface area (Å²) in [5.74, 6) is 0.246. The van der Waals surface area contributed by atoms with Gasteiger partial charge in [0, 0.05) is 11.1 Å². The predicted molar refractivity (Wildman–Crippen MR) is 55.3 cm³/mol. The topological polar surface area (TPSA) is 33.1 Å². The van der Waals surface area contributed by atoms with E-state index < -0.39 is 0 Å². The van der Waals surface area contributed by atoms with Crippen LogP contribution < -0.4 is 0 Å². The minimum atomic E-state index is 0. The van der Waals surface area contributed by atoms with Crippen molar-refractivity contribution in [3.8, 4) is 5.75 Å². The van der Waals surface area contributed by atoms with E-state index in [1.165, 1.54) is 0 Å². The minimum absolute atomic E-state index is 0. The molecular formula is C10H10NNaO. The van der Waals surface area contributed by atoms with E-state index in [0.29, 0.717) is 5.52 Å². The number of fused-ring (bicyclic) bond motifs is 1. The number of rotatable bonds is 0. The zero-order valence-corrected chi connectivity index (χ0v) is 6.78. The molecule has 1 N–H and O–H groups in total. The maximum absolute atomic E-state index is 9.43. The van der Waals surface area contributed by atoms with E-state index in [1.54, 1.807) is 6.07 Å². The Balaban J connectivity index is 0.000000845. The molecule has 62 valence electrons. The van der Waals surface area contributed by atoms with E-state index in [9.17, 15) is 5.11 Å². The van der Waals surface area contributed by atoms with Crippen LogP contribution in [-0.2, 0) is 0 Å². The van der Waals surface area contributed by atoms with Gasteiger partial charge in [-0.3, -0.25) is 0 Å². The second kappa shape index (κ2) is 4.09. The molecule has 1 heterocycles. The Morgan fingerprint density at radius 1 is 1.15 bits per heavy atom. The molecule has 0 bridgehead atoms. The van der Waals surface area contributed by atoms with Gasteiger partial charge in [-0.15, -0.1) is 0 Å². The summed E-state index contributed by atoms with van der Waals surface area (Å²) in [5.41, 5.74) is 1.60. The van der Waals surface area contributed by atoms with Crippen molar-refractivity contribution >= 4 is 40.5 Å².